The standard InChI is InChI=1S/2C8H12N2.C8H15N.2C7H12N2O.C7H14N2.C6H10N2O.2C2H6/c2*1-7(2)10-8-5-3-4-6-9-8;1-7(2)6-8-4-3-5-9-8;2*1-5(2)8-7-6(3)4-10-9-7;1-6(2)5-7-8-3-4-9-7;1-5(2)7-6-3-4-9-8-6;2*1-2/h2*3-7H,1-2H3,(H,9,10);7H,3-6H2,1-2H3;2*4-5H,1-3H3,(H,8,9);6H,3-5H2,1-2H3,(H,8,9);3-5H,1-2H3,(H,7,8);2*1-2H3. The molecule has 402 valence electrons. The Morgan fingerprint density at radius 2 is 0.958 bits per heavy atom. The molecule has 0 bridgehead atoms. The minimum Gasteiger partial charge on any atom is -0.372 e. The molecule has 0 aromatic carbocycles. The smallest absolute Gasteiger partial charge is 0.172 e. The van der Waals surface area contributed by atoms with Crippen LogP contribution in [0.4, 0.5) is 29.1 Å². The molecule has 7 heterocycles. The van der Waals surface area contributed by atoms with Crippen LogP contribution in [0.25, 0.3) is 0 Å². The second-order valence-electron chi connectivity index (χ2n) is 18.5. The number of aliphatic imine (C=N–C) groups is 2. The van der Waals surface area contributed by atoms with Crippen LogP contribution >= 0.6 is 0 Å². The van der Waals surface area contributed by atoms with E-state index in [2.05, 4.69) is 169 Å². The van der Waals surface area contributed by atoms with Gasteiger partial charge in [0.05, 0.1) is 12.4 Å². The Morgan fingerprint density at radius 1 is 0.507 bits per heavy atom. The van der Waals surface area contributed by atoms with Crippen molar-refractivity contribution in [3.63, 3.8) is 0 Å². The van der Waals surface area contributed by atoms with Gasteiger partial charge in [-0.05, 0) is 138 Å². The number of hydrogen-bond acceptors (Lipinski definition) is 16. The second-order valence-corrected chi connectivity index (χ2v) is 18.5. The first-order valence-corrected chi connectivity index (χ1v) is 26.0. The van der Waals surface area contributed by atoms with E-state index in [0.29, 0.717) is 30.2 Å². The predicted octanol–water partition coefficient (Wildman–Crippen LogP) is 14.3. The number of nitrogens with zero attached hydrogens (tertiary/aromatic N) is 7. The average molecular weight is 990 g/mol. The summed E-state index contributed by atoms with van der Waals surface area (Å²) in [7, 11) is 0. The van der Waals surface area contributed by atoms with Crippen LogP contribution in [-0.2, 0) is 0 Å². The maximum atomic E-state index is 4.73. The van der Waals surface area contributed by atoms with Crippen molar-refractivity contribution in [3.8, 4) is 0 Å². The quantitative estimate of drug-likeness (QED) is 0.0614. The molecule has 71 heavy (non-hydrogen) atoms. The molecular weight excluding hydrogens is 891 g/mol. The zero-order chi connectivity index (χ0) is 54.0. The van der Waals surface area contributed by atoms with E-state index in [1.807, 2.05) is 77.9 Å². The molecule has 5 aromatic heterocycles. The molecule has 16 nitrogen and oxygen atoms in total. The molecule has 0 saturated carbocycles. The van der Waals surface area contributed by atoms with Gasteiger partial charge in [0.2, 0.25) is 0 Å². The Bertz CT molecular complexity index is 1840. The summed E-state index contributed by atoms with van der Waals surface area (Å²) in [6.45, 7) is 44.7. The van der Waals surface area contributed by atoms with Crippen molar-refractivity contribution in [2.45, 2.75) is 194 Å². The highest BCUT2D eigenvalue weighted by Gasteiger charge is 2.08. The normalized spacial score (nSPS) is 11.8. The van der Waals surface area contributed by atoms with Gasteiger partial charge >= 0.3 is 0 Å². The van der Waals surface area contributed by atoms with E-state index < -0.39 is 0 Å². The molecule has 0 atom stereocenters. The molecule has 0 unspecified atom stereocenters. The largest absolute Gasteiger partial charge is 0.372 e. The topological polar surface area (TPSA) is 201 Å². The molecule has 16 heteroatoms. The third-order valence-corrected chi connectivity index (χ3v) is 8.37. The van der Waals surface area contributed by atoms with E-state index in [9.17, 15) is 0 Å². The van der Waals surface area contributed by atoms with E-state index in [1.54, 1.807) is 37.2 Å². The third kappa shape index (κ3) is 39.5. The van der Waals surface area contributed by atoms with Gasteiger partial charge in [-0.2, -0.15) is 0 Å². The highest BCUT2D eigenvalue weighted by Crippen LogP contribution is 2.13. The predicted molar refractivity (Wildman–Crippen MR) is 305 cm³/mol. The van der Waals surface area contributed by atoms with Gasteiger partial charge < -0.3 is 45.5 Å². The van der Waals surface area contributed by atoms with Crippen LogP contribution in [0.5, 0.6) is 0 Å². The van der Waals surface area contributed by atoms with E-state index >= 15 is 0 Å². The van der Waals surface area contributed by atoms with E-state index in [4.69, 9.17) is 9.05 Å². The van der Waals surface area contributed by atoms with Crippen molar-refractivity contribution in [2.24, 2.45) is 21.8 Å². The number of amidine groups is 1. The maximum Gasteiger partial charge on any atom is 0.172 e. The van der Waals surface area contributed by atoms with Crippen LogP contribution in [-0.4, -0.2) is 86.8 Å². The van der Waals surface area contributed by atoms with Crippen molar-refractivity contribution in [1.82, 2.24) is 30.8 Å². The van der Waals surface area contributed by atoms with Crippen LogP contribution in [0.1, 0.15) is 161 Å². The van der Waals surface area contributed by atoms with E-state index in [1.165, 1.54) is 30.8 Å². The van der Waals surface area contributed by atoms with Gasteiger partial charge in [-0.1, -0.05) is 83.0 Å². The Labute approximate surface area is 430 Å². The zero-order valence-corrected chi connectivity index (χ0v) is 47.8. The lowest BCUT2D eigenvalue weighted by Crippen LogP contribution is -2.19. The van der Waals surface area contributed by atoms with Crippen LogP contribution in [0.15, 0.2) is 97.2 Å². The van der Waals surface area contributed by atoms with Gasteiger partial charge in [0.15, 0.2) is 17.5 Å². The van der Waals surface area contributed by atoms with Gasteiger partial charge in [-0.25, -0.2) is 9.97 Å². The summed E-state index contributed by atoms with van der Waals surface area (Å²) in [5.74, 6) is 7.09. The first-order chi connectivity index (χ1) is 33.8. The number of hydrogen-bond donors (Lipinski definition) is 6. The molecule has 7 rings (SSSR count). The van der Waals surface area contributed by atoms with E-state index in [0.717, 1.165) is 78.1 Å². The van der Waals surface area contributed by atoms with Crippen LogP contribution in [0.2, 0.25) is 0 Å². The lowest BCUT2D eigenvalue weighted by atomic mass is 10.1. The fourth-order valence-electron chi connectivity index (χ4n) is 5.68. The first-order valence-electron chi connectivity index (χ1n) is 26.0. The number of anilines is 5. The molecular formula is C55H99N13O3. The van der Waals surface area contributed by atoms with Crippen molar-refractivity contribution in [1.29, 1.82) is 0 Å². The summed E-state index contributed by atoms with van der Waals surface area (Å²) in [6.07, 6.45) is 13.3. The Kier molecular flexibility index (Phi) is 40.6. The number of aromatic nitrogens is 5. The number of nitrogens with one attached hydrogen (secondary N) is 6. The summed E-state index contributed by atoms with van der Waals surface area (Å²) in [4.78, 5) is 16.9. The van der Waals surface area contributed by atoms with Gasteiger partial charge in [-0.15, -0.1) is 0 Å². The maximum absolute atomic E-state index is 4.73. The average Bonchev–Trinajstić information content (AvgIpc) is 4.20. The van der Waals surface area contributed by atoms with Crippen molar-refractivity contribution < 1.29 is 13.6 Å². The van der Waals surface area contributed by atoms with Gasteiger partial charge in [0.25, 0.3) is 0 Å². The third-order valence-electron chi connectivity index (χ3n) is 8.37. The summed E-state index contributed by atoms with van der Waals surface area (Å²) in [5.41, 5.74) is 3.55. The fraction of sp³-hybridized carbons (Fsp3) is 0.618. The van der Waals surface area contributed by atoms with Gasteiger partial charge in [0, 0.05) is 85.0 Å². The lowest BCUT2D eigenvalue weighted by molar-refractivity contribution is 0.421. The number of rotatable bonds is 14. The summed E-state index contributed by atoms with van der Waals surface area (Å²) >= 11 is 0. The number of aryl methyl sites for hydroxylation is 2. The molecule has 0 amide bonds. The Balaban J connectivity index is 0. The SMILES string of the molecule is CC.CC.CC(C)CC1=NCCC1.CC(C)CC1=NCCN1.CC(C)Nc1ccccn1.CC(C)Nc1ccccn1.CC(C)Nc1ccon1.Cc1conc1NC(C)C.Cc1conc1NC(C)C. The van der Waals surface area contributed by atoms with Gasteiger partial charge in [-0.3, -0.25) is 9.98 Å². The lowest BCUT2D eigenvalue weighted by Gasteiger charge is -2.06. The molecule has 2 aliphatic heterocycles. The Morgan fingerprint density at radius 3 is 1.25 bits per heavy atom. The first kappa shape index (κ1) is 67.1. The molecule has 5 aromatic rings. The minimum atomic E-state index is 0.406. The molecule has 6 N–H and O–H groups in total. The van der Waals surface area contributed by atoms with Crippen molar-refractivity contribution in [2.75, 3.05) is 46.2 Å². The second kappa shape index (κ2) is 42.9. The fourth-order valence-corrected chi connectivity index (χ4v) is 5.68. The highest BCUT2D eigenvalue weighted by molar-refractivity contribution is 5.85. The number of pyridine rings is 2. The molecule has 0 fully saturated rings. The summed E-state index contributed by atoms with van der Waals surface area (Å²) in [6, 6.07) is 15.6. The zero-order valence-electron chi connectivity index (χ0n) is 47.8. The van der Waals surface area contributed by atoms with Crippen molar-refractivity contribution in [3.05, 3.63) is 84.8 Å². The van der Waals surface area contributed by atoms with Gasteiger partial charge in [0.1, 0.15) is 30.4 Å². The summed E-state index contributed by atoms with van der Waals surface area (Å²) in [5, 5.41) is 30.2. The highest BCUT2D eigenvalue weighted by atomic mass is 16.5. The van der Waals surface area contributed by atoms with Crippen molar-refractivity contribution >= 4 is 40.6 Å². The molecule has 0 spiro atoms. The van der Waals surface area contributed by atoms with Crippen LogP contribution < -0.4 is 31.9 Å². The van der Waals surface area contributed by atoms with Crippen LogP contribution in [0, 0.1) is 25.7 Å². The Hall–Kier alpha value is -5.93. The molecule has 0 aliphatic carbocycles. The van der Waals surface area contributed by atoms with E-state index in [-0.39, 0.29) is 0 Å². The monoisotopic (exact) mass is 990 g/mol. The minimum absolute atomic E-state index is 0.406. The molecule has 0 saturated heterocycles. The van der Waals surface area contributed by atoms with Crippen LogP contribution in [0.3, 0.4) is 0 Å². The summed E-state index contributed by atoms with van der Waals surface area (Å²) < 4.78 is 14.1. The molecule has 2 aliphatic rings. The molecule has 0 radical (unpaired) electrons.